The summed E-state index contributed by atoms with van der Waals surface area (Å²) in [5.41, 5.74) is -1.77. The zero-order valence-corrected chi connectivity index (χ0v) is 17.4. The smallest absolute Gasteiger partial charge is 0.276 e. The first-order chi connectivity index (χ1) is 13.3. The van der Waals surface area contributed by atoms with E-state index in [0.29, 0.717) is 13.1 Å². The Balaban J connectivity index is 1.59. The van der Waals surface area contributed by atoms with E-state index in [-0.39, 0.29) is 41.4 Å². The molecule has 1 aliphatic heterocycles. The third-order valence-corrected chi connectivity index (χ3v) is 5.74. The number of carbonyl (C=O) groups is 2. The van der Waals surface area contributed by atoms with Crippen LogP contribution in [0.3, 0.4) is 0 Å². The van der Waals surface area contributed by atoms with E-state index < -0.39 is 29.1 Å². The van der Waals surface area contributed by atoms with E-state index in [2.05, 4.69) is 10.6 Å². The van der Waals surface area contributed by atoms with Gasteiger partial charge < -0.3 is 10.6 Å². The van der Waals surface area contributed by atoms with Crippen molar-refractivity contribution in [3.63, 3.8) is 0 Å². The highest BCUT2D eigenvalue weighted by Gasteiger charge is 2.80. The van der Waals surface area contributed by atoms with Gasteiger partial charge in [0.1, 0.15) is 11.9 Å². The molecule has 0 bridgehead atoms. The van der Waals surface area contributed by atoms with E-state index in [1.165, 1.54) is 6.07 Å². The van der Waals surface area contributed by atoms with Gasteiger partial charge in [-0.3, -0.25) is 14.5 Å². The van der Waals surface area contributed by atoms with Crippen molar-refractivity contribution >= 4 is 23.4 Å². The minimum Gasteiger partial charge on any atom is -0.350 e. The van der Waals surface area contributed by atoms with E-state index >= 15 is 0 Å². The molecular weight excluding hydrogens is 407 g/mol. The molecule has 5 nitrogen and oxygen atoms in total. The second-order valence-electron chi connectivity index (χ2n) is 8.92. The van der Waals surface area contributed by atoms with Crippen molar-refractivity contribution in [1.82, 2.24) is 15.5 Å². The Morgan fingerprint density at radius 3 is 2.38 bits per heavy atom. The molecule has 1 atom stereocenters. The van der Waals surface area contributed by atoms with Crippen LogP contribution >= 0.6 is 11.6 Å². The van der Waals surface area contributed by atoms with Gasteiger partial charge >= 0.3 is 0 Å². The van der Waals surface area contributed by atoms with Gasteiger partial charge in [0, 0.05) is 16.1 Å². The summed E-state index contributed by atoms with van der Waals surface area (Å²) in [5, 5.41) is 5.23. The molecule has 1 saturated carbocycles. The third kappa shape index (κ3) is 4.53. The number of nitrogens with zero attached hydrogens (tertiary/aromatic N) is 1. The number of likely N-dealkylation sites (tertiary alicyclic amines) is 1. The molecule has 2 fully saturated rings. The highest BCUT2D eigenvalue weighted by atomic mass is 35.5. The van der Waals surface area contributed by atoms with E-state index in [1.54, 1.807) is 0 Å². The van der Waals surface area contributed by atoms with Gasteiger partial charge in [-0.05, 0) is 64.9 Å². The first kappa shape index (κ1) is 21.9. The Morgan fingerprint density at radius 2 is 1.83 bits per heavy atom. The van der Waals surface area contributed by atoms with Crippen LogP contribution in [0, 0.1) is 11.2 Å². The lowest BCUT2D eigenvalue weighted by molar-refractivity contribution is -0.124. The molecule has 1 saturated heterocycles. The van der Waals surface area contributed by atoms with Crippen molar-refractivity contribution in [2.45, 2.75) is 51.1 Å². The molecule has 1 spiro atoms. The number of nitrogens with one attached hydrogen (secondary N) is 2. The molecule has 2 amide bonds. The Morgan fingerprint density at radius 1 is 1.21 bits per heavy atom. The summed E-state index contributed by atoms with van der Waals surface area (Å²) in [6.07, 6.45) is 0.329. The lowest BCUT2D eigenvalue weighted by Crippen LogP contribution is -2.48. The molecule has 160 valence electrons. The van der Waals surface area contributed by atoms with Gasteiger partial charge in [-0.25, -0.2) is 13.2 Å². The Labute approximate surface area is 173 Å². The fourth-order valence-corrected chi connectivity index (χ4v) is 4.25. The quantitative estimate of drug-likeness (QED) is 0.769. The van der Waals surface area contributed by atoms with Gasteiger partial charge in [0.05, 0.1) is 12.0 Å². The summed E-state index contributed by atoms with van der Waals surface area (Å²) in [6.45, 7) is 6.45. The average Bonchev–Trinajstić information content (AvgIpc) is 3.00. The van der Waals surface area contributed by atoms with Crippen molar-refractivity contribution in [1.29, 1.82) is 0 Å². The predicted molar refractivity (Wildman–Crippen MR) is 104 cm³/mol. The summed E-state index contributed by atoms with van der Waals surface area (Å²) in [7, 11) is 0. The van der Waals surface area contributed by atoms with Gasteiger partial charge in [0.2, 0.25) is 5.91 Å². The molecule has 29 heavy (non-hydrogen) atoms. The number of piperidine rings is 1. The molecule has 1 heterocycles. The van der Waals surface area contributed by atoms with Crippen LogP contribution in [0.4, 0.5) is 13.2 Å². The number of amides is 2. The molecule has 0 radical (unpaired) electrons. The number of benzene rings is 1. The second kappa shape index (κ2) is 7.47. The van der Waals surface area contributed by atoms with Gasteiger partial charge in [-0.1, -0.05) is 11.6 Å². The van der Waals surface area contributed by atoms with Crippen LogP contribution in [0.15, 0.2) is 18.2 Å². The number of alkyl halides is 2. The van der Waals surface area contributed by atoms with Gasteiger partial charge in [-0.15, -0.1) is 0 Å². The minimum atomic E-state index is -3.04. The van der Waals surface area contributed by atoms with E-state index in [0.717, 1.165) is 12.1 Å². The maximum Gasteiger partial charge on any atom is 0.276 e. The Bertz CT molecular complexity index is 797. The van der Waals surface area contributed by atoms with Crippen LogP contribution in [-0.4, -0.2) is 53.9 Å². The normalized spacial score (nSPS) is 22.9. The predicted octanol–water partition coefficient (Wildman–Crippen LogP) is 3.22. The first-order valence-electron chi connectivity index (χ1n) is 9.52. The minimum absolute atomic E-state index is 0.0225. The number of carbonyl (C=O) groups excluding carboxylic acids is 2. The maximum absolute atomic E-state index is 14.6. The number of hydrogen-bond acceptors (Lipinski definition) is 3. The summed E-state index contributed by atoms with van der Waals surface area (Å²) in [6, 6.07) is 1.93. The van der Waals surface area contributed by atoms with Crippen molar-refractivity contribution in [2.75, 3.05) is 19.6 Å². The third-order valence-electron chi connectivity index (χ3n) is 5.53. The Kier molecular flexibility index (Phi) is 5.64. The topological polar surface area (TPSA) is 61.4 Å². The van der Waals surface area contributed by atoms with Crippen molar-refractivity contribution in [3.8, 4) is 0 Å². The molecule has 2 aliphatic rings. The molecule has 1 unspecified atom stereocenters. The number of halogens is 4. The van der Waals surface area contributed by atoms with E-state index in [1.807, 2.05) is 25.7 Å². The molecule has 1 aromatic rings. The SMILES string of the molecule is CC(C)(C)NC(=O)CN1CCC2(CC1)C(NC(=O)c1cc(F)cc(Cl)c1)C2(F)F. The summed E-state index contributed by atoms with van der Waals surface area (Å²) in [5.74, 6) is -4.68. The van der Waals surface area contributed by atoms with E-state index in [9.17, 15) is 22.8 Å². The monoisotopic (exact) mass is 431 g/mol. The number of hydrogen-bond donors (Lipinski definition) is 2. The molecule has 1 aliphatic carbocycles. The molecule has 0 aromatic heterocycles. The number of rotatable bonds is 4. The first-order valence-corrected chi connectivity index (χ1v) is 9.90. The Hall–Kier alpha value is -1.80. The van der Waals surface area contributed by atoms with Crippen LogP contribution in [0.1, 0.15) is 44.0 Å². The standard InChI is InChI=1S/C20H25ClF3N3O2/c1-18(2,3)26-15(28)11-27-6-4-19(5-7-27)17(20(19,23)24)25-16(29)12-8-13(21)10-14(22)9-12/h8-10,17H,4-7,11H2,1-3H3,(H,25,29)(H,26,28). The molecule has 1 aromatic carbocycles. The zero-order valence-electron chi connectivity index (χ0n) is 16.6. The van der Waals surface area contributed by atoms with Crippen LogP contribution < -0.4 is 10.6 Å². The summed E-state index contributed by atoms with van der Waals surface area (Å²) >= 11 is 5.74. The van der Waals surface area contributed by atoms with Crippen LogP contribution in [0.25, 0.3) is 0 Å². The highest BCUT2D eigenvalue weighted by Crippen LogP contribution is 2.65. The fraction of sp³-hybridized carbons (Fsp3) is 0.600. The van der Waals surface area contributed by atoms with Crippen molar-refractivity contribution in [2.24, 2.45) is 5.41 Å². The lowest BCUT2D eigenvalue weighted by Gasteiger charge is -2.32. The second-order valence-corrected chi connectivity index (χ2v) is 9.35. The highest BCUT2D eigenvalue weighted by molar-refractivity contribution is 6.31. The van der Waals surface area contributed by atoms with Gasteiger partial charge in [0.15, 0.2) is 0 Å². The summed E-state index contributed by atoms with van der Waals surface area (Å²) in [4.78, 5) is 26.2. The largest absolute Gasteiger partial charge is 0.350 e. The van der Waals surface area contributed by atoms with Crippen molar-refractivity contribution < 1.29 is 22.8 Å². The molecule has 9 heteroatoms. The van der Waals surface area contributed by atoms with Crippen LogP contribution in [0.2, 0.25) is 5.02 Å². The van der Waals surface area contributed by atoms with Crippen LogP contribution in [-0.2, 0) is 4.79 Å². The fourth-order valence-electron chi connectivity index (χ4n) is 4.03. The zero-order chi connectivity index (χ0) is 21.6. The molecule has 2 N–H and O–H groups in total. The average molecular weight is 432 g/mol. The maximum atomic E-state index is 14.6. The molecular formula is C20H25ClF3N3O2. The van der Waals surface area contributed by atoms with Crippen molar-refractivity contribution in [3.05, 3.63) is 34.6 Å². The summed E-state index contributed by atoms with van der Waals surface area (Å²) < 4.78 is 42.6. The van der Waals surface area contributed by atoms with Crippen LogP contribution in [0.5, 0.6) is 0 Å². The molecule has 3 rings (SSSR count). The van der Waals surface area contributed by atoms with Gasteiger partial charge in [-0.2, -0.15) is 0 Å². The lowest BCUT2D eigenvalue weighted by atomic mass is 9.91. The van der Waals surface area contributed by atoms with E-state index in [4.69, 9.17) is 11.6 Å². The van der Waals surface area contributed by atoms with Gasteiger partial charge in [0.25, 0.3) is 11.8 Å².